The van der Waals surface area contributed by atoms with Gasteiger partial charge in [0.2, 0.25) is 0 Å². The molecule has 1 aliphatic rings. The lowest BCUT2D eigenvalue weighted by Crippen LogP contribution is -2.22. The molecule has 0 amide bonds. The average molecular weight is 317 g/mol. The molecule has 0 saturated carbocycles. The van der Waals surface area contributed by atoms with Gasteiger partial charge in [-0.05, 0) is 32.1 Å². The van der Waals surface area contributed by atoms with E-state index in [1.165, 1.54) is 11.3 Å². The second-order valence-electron chi connectivity index (χ2n) is 5.86. The van der Waals surface area contributed by atoms with E-state index in [-0.39, 0.29) is 0 Å². The van der Waals surface area contributed by atoms with Gasteiger partial charge in [-0.1, -0.05) is 18.7 Å². The Morgan fingerprint density at radius 2 is 2.05 bits per heavy atom. The highest BCUT2D eigenvalue weighted by Crippen LogP contribution is 2.24. The van der Waals surface area contributed by atoms with E-state index >= 15 is 0 Å². The lowest BCUT2D eigenvalue weighted by Gasteiger charge is -2.16. The Hall–Kier alpha value is -1.40. The maximum absolute atomic E-state index is 4.63. The number of hydrogen-bond acceptors (Lipinski definition) is 5. The molecule has 6 heteroatoms. The molecule has 1 saturated heterocycles. The Balaban J connectivity index is 1.60. The molecular weight excluding hydrogens is 294 g/mol. The average Bonchev–Trinajstić information content (AvgIpc) is 3.07. The first kappa shape index (κ1) is 15.5. The van der Waals surface area contributed by atoms with Crippen LogP contribution in [-0.2, 0) is 6.54 Å². The maximum atomic E-state index is 4.63. The van der Waals surface area contributed by atoms with Crippen LogP contribution in [0.15, 0.2) is 23.6 Å². The van der Waals surface area contributed by atoms with Crippen molar-refractivity contribution < 1.29 is 0 Å². The number of nitrogens with zero attached hydrogens (tertiary/aromatic N) is 5. The van der Waals surface area contributed by atoms with Crippen LogP contribution in [0.25, 0.3) is 0 Å². The third-order valence-electron chi connectivity index (χ3n) is 4.00. The molecule has 22 heavy (non-hydrogen) atoms. The minimum Gasteiger partial charge on any atom is -0.297 e. The van der Waals surface area contributed by atoms with Crippen molar-refractivity contribution in [3.63, 3.8) is 0 Å². The zero-order valence-electron chi connectivity index (χ0n) is 13.5. The van der Waals surface area contributed by atoms with Gasteiger partial charge in [-0.3, -0.25) is 9.58 Å². The van der Waals surface area contributed by atoms with Gasteiger partial charge in [-0.25, -0.2) is 9.97 Å². The number of aryl methyl sites for hydroxylation is 2. The molecule has 1 aliphatic heterocycles. The molecule has 0 aromatic carbocycles. The highest BCUT2D eigenvalue weighted by molar-refractivity contribution is 7.99. The molecule has 1 fully saturated rings. The molecule has 0 spiro atoms. The SMILES string of the molecule is CCSc1ncc(CN2CCC(n3nc(C)cc3C)C2)cn1. The predicted molar refractivity (Wildman–Crippen MR) is 89.1 cm³/mol. The van der Waals surface area contributed by atoms with Gasteiger partial charge >= 0.3 is 0 Å². The van der Waals surface area contributed by atoms with Crippen molar-refractivity contribution in [1.29, 1.82) is 0 Å². The summed E-state index contributed by atoms with van der Waals surface area (Å²) in [5.74, 6) is 1.01. The second kappa shape index (κ2) is 6.79. The second-order valence-corrected chi connectivity index (χ2v) is 7.09. The third-order valence-corrected chi connectivity index (χ3v) is 4.76. The van der Waals surface area contributed by atoms with E-state index in [2.05, 4.69) is 51.5 Å². The Labute approximate surface area is 136 Å². The lowest BCUT2D eigenvalue weighted by molar-refractivity contribution is 0.309. The first-order valence-electron chi connectivity index (χ1n) is 7.84. The monoisotopic (exact) mass is 317 g/mol. The quantitative estimate of drug-likeness (QED) is 0.627. The molecule has 1 unspecified atom stereocenters. The molecule has 0 bridgehead atoms. The number of aromatic nitrogens is 4. The van der Waals surface area contributed by atoms with Crippen molar-refractivity contribution in [3.05, 3.63) is 35.4 Å². The minimum atomic E-state index is 0.490. The van der Waals surface area contributed by atoms with Crippen molar-refractivity contribution in [1.82, 2.24) is 24.6 Å². The number of thioether (sulfide) groups is 1. The van der Waals surface area contributed by atoms with E-state index in [9.17, 15) is 0 Å². The van der Waals surface area contributed by atoms with E-state index < -0.39 is 0 Å². The summed E-state index contributed by atoms with van der Waals surface area (Å²) in [5.41, 5.74) is 3.55. The molecular formula is C16H23N5S. The summed E-state index contributed by atoms with van der Waals surface area (Å²) in [6, 6.07) is 2.64. The first-order chi connectivity index (χ1) is 10.7. The molecule has 118 valence electrons. The smallest absolute Gasteiger partial charge is 0.187 e. The van der Waals surface area contributed by atoms with Gasteiger partial charge in [0, 0.05) is 43.3 Å². The van der Waals surface area contributed by atoms with Gasteiger partial charge in [0.05, 0.1) is 11.7 Å². The van der Waals surface area contributed by atoms with Gasteiger partial charge in [0.25, 0.3) is 0 Å². The number of rotatable bonds is 5. The third kappa shape index (κ3) is 3.50. The molecule has 5 nitrogen and oxygen atoms in total. The Morgan fingerprint density at radius 1 is 1.27 bits per heavy atom. The zero-order chi connectivity index (χ0) is 15.5. The summed E-state index contributed by atoms with van der Waals surface area (Å²) in [4.78, 5) is 11.3. The molecule has 0 N–H and O–H groups in total. The summed E-state index contributed by atoms with van der Waals surface area (Å²) >= 11 is 1.68. The van der Waals surface area contributed by atoms with Gasteiger partial charge in [-0.2, -0.15) is 5.10 Å². The van der Waals surface area contributed by atoms with E-state index in [4.69, 9.17) is 0 Å². The number of hydrogen-bond donors (Lipinski definition) is 0. The molecule has 3 rings (SSSR count). The Bertz CT molecular complexity index is 622. The summed E-state index contributed by atoms with van der Waals surface area (Å²) in [7, 11) is 0. The summed E-state index contributed by atoms with van der Waals surface area (Å²) in [6.45, 7) is 9.39. The largest absolute Gasteiger partial charge is 0.297 e. The van der Waals surface area contributed by atoms with Crippen LogP contribution in [0.4, 0.5) is 0 Å². The van der Waals surface area contributed by atoms with Crippen molar-refractivity contribution >= 4 is 11.8 Å². The van der Waals surface area contributed by atoms with Crippen LogP contribution >= 0.6 is 11.8 Å². The van der Waals surface area contributed by atoms with Gasteiger partial charge in [0.1, 0.15) is 0 Å². The van der Waals surface area contributed by atoms with Gasteiger partial charge in [-0.15, -0.1) is 0 Å². The van der Waals surface area contributed by atoms with E-state index in [1.807, 2.05) is 12.4 Å². The molecule has 2 aromatic heterocycles. The number of likely N-dealkylation sites (tertiary alicyclic amines) is 1. The van der Waals surface area contributed by atoms with Crippen molar-refractivity contribution in [2.75, 3.05) is 18.8 Å². The van der Waals surface area contributed by atoms with Gasteiger partial charge in [0.15, 0.2) is 5.16 Å². The first-order valence-corrected chi connectivity index (χ1v) is 8.83. The van der Waals surface area contributed by atoms with E-state index in [0.717, 1.165) is 42.7 Å². The van der Waals surface area contributed by atoms with Crippen molar-refractivity contribution in [2.24, 2.45) is 0 Å². The minimum absolute atomic E-state index is 0.490. The zero-order valence-corrected chi connectivity index (χ0v) is 14.3. The molecule has 0 aliphatic carbocycles. The molecule has 3 heterocycles. The predicted octanol–water partition coefficient (Wildman–Crippen LogP) is 2.85. The molecule has 1 atom stereocenters. The highest BCUT2D eigenvalue weighted by atomic mass is 32.2. The van der Waals surface area contributed by atoms with Crippen LogP contribution < -0.4 is 0 Å². The summed E-state index contributed by atoms with van der Waals surface area (Å²) in [6.07, 6.45) is 5.08. The van der Waals surface area contributed by atoms with Crippen molar-refractivity contribution in [3.8, 4) is 0 Å². The summed E-state index contributed by atoms with van der Waals surface area (Å²) < 4.78 is 2.19. The van der Waals surface area contributed by atoms with Crippen LogP contribution in [-0.4, -0.2) is 43.5 Å². The highest BCUT2D eigenvalue weighted by Gasteiger charge is 2.25. The van der Waals surface area contributed by atoms with Crippen molar-refractivity contribution in [2.45, 2.75) is 44.9 Å². The standard InChI is InChI=1S/C16H23N5S/c1-4-22-16-17-8-14(9-18-16)10-20-6-5-15(11-20)21-13(3)7-12(2)19-21/h7-9,15H,4-6,10-11H2,1-3H3. The van der Waals surface area contributed by atoms with Crippen LogP contribution in [0.1, 0.15) is 36.3 Å². The Morgan fingerprint density at radius 3 is 2.68 bits per heavy atom. The van der Waals surface area contributed by atoms with Crippen LogP contribution in [0.2, 0.25) is 0 Å². The summed E-state index contributed by atoms with van der Waals surface area (Å²) in [5, 5.41) is 5.50. The van der Waals surface area contributed by atoms with E-state index in [0.29, 0.717) is 6.04 Å². The topological polar surface area (TPSA) is 46.8 Å². The van der Waals surface area contributed by atoms with Crippen LogP contribution in [0.5, 0.6) is 0 Å². The fourth-order valence-corrected chi connectivity index (χ4v) is 3.57. The van der Waals surface area contributed by atoms with Gasteiger partial charge < -0.3 is 0 Å². The Kier molecular flexibility index (Phi) is 4.78. The van der Waals surface area contributed by atoms with Crippen LogP contribution in [0.3, 0.4) is 0 Å². The fourth-order valence-electron chi connectivity index (χ4n) is 3.06. The normalized spacial score (nSPS) is 19.0. The van der Waals surface area contributed by atoms with E-state index in [1.54, 1.807) is 11.8 Å². The molecule has 0 radical (unpaired) electrons. The maximum Gasteiger partial charge on any atom is 0.187 e. The van der Waals surface area contributed by atoms with Crippen LogP contribution in [0, 0.1) is 13.8 Å². The fraction of sp³-hybridized carbons (Fsp3) is 0.562. The lowest BCUT2D eigenvalue weighted by atomic mass is 10.2. The molecule has 2 aromatic rings.